The van der Waals surface area contributed by atoms with Gasteiger partial charge in [0.05, 0.1) is 0 Å². The Morgan fingerprint density at radius 1 is 1.29 bits per heavy atom. The first-order chi connectivity index (χ1) is 13.1. The summed E-state index contributed by atoms with van der Waals surface area (Å²) in [5.41, 5.74) is 0.793. The second-order valence-corrected chi connectivity index (χ2v) is 7.94. The quantitative estimate of drug-likeness (QED) is 0.719. The van der Waals surface area contributed by atoms with Crippen molar-refractivity contribution in [2.24, 2.45) is 0 Å². The maximum absolute atomic E-state index is 12.9. The van der Waals surface area contributed by atoms with Crippen molar-refractivity contribution in [3.63, 3.8) is 0 Å². The minimum absolute atomic E-state index is 0.0156. The molecule has 156 valence electrons. The van der Waals surface area contributed by atoms with E-state index < -0.39 is 0 Å². The smallest absolute Gasteiger partial charge is 0.245 e. The number of aliphatic hydroxyl groups is 1. The fourth-order valence-corrected chi connectivity index (χ4v) is 3.68. The fourth-order valence-electron chi connectivity index (χ4n) is 3.68. The van der Waals surface area contributed by atoms with Gasteiger partial charge in [-0.1, -0.05) is 0 Å². The normalized spacial score (nSPS) is 17.0. The zero-order valence-corrected chi connectivity index (χ0v) is 17.8. The Kier molecular flexibility index (Phi) is 7.35. The highest BCUT2D eigenvalue weighted by Crippen LogP contribution is 2.23. The van der Waals surface area contributed by atoms with Gasteiger partial charge in [0.25, 0.3) is 0 Å². The molecule has 1 aromatic rings. The number of nitrogens with zero attached hydrogens (tertiary/aromatic N) is 5. The highest BCUT2D eigenvalue weighted by atomic mass is 16.3. The van der Waals surface area contributed by atoms with Crippen molar-refractivity contribution < 1.29 is 14.7 Å². The molecule has 1 saturated heterocycles. The third kappa shape index (κ3) is 4.98. The molecule has 0 spiro atoms. The van der Waals surface area contributed by atoms with Gasteiger partial charge in [-0.2, -0.15) is 0 Å². The van der Waals surface area contributed by atoms with Crippen LogP contribution in [-0.2, 0) is 16.2 Å². The summed E-state index contributed by atoms with van der Waals surface area (Å²) >= 11 is 0. The number of rotatable bonds is 8. The molecule has 1 fully saturated rings. The Morgan fingerprint density at radius 3 is 2.54 bits per heavy atom. The Balaban J connectivity index is 2.08. The van der Waals surface area contributed by atoms with Gasteiger partial charge in [-0.3, -0.25) is 9.59 Å². The van der Waals surface area contributed by atoms with Crippen LogP contribution in [0.5, 0.6) is 0 Å². The average Bonchev–Trinajstić information content (AvgIpc) is 3.01. The number of amides is 2. The number of likely N-dealkylation sites (N-methyl/N-ethyl adjacent to an activating group) is 1. The Hall–Kier alpha value is -2.22. The summed E-state index contributed by atoms with van der Waals surface area (Å²) < 4.78 is 0. The first-order valence-corrected chi connectivity index (χ1v) is 9.93. The van der Waals surface area contributed by atoms with Crippen molar-refractivity contribution in [2.45, 2.75) is 72.2 Å². The van der Waals surface area contributed by atoms with Crippen LogP contribution in [0, 0.1) is 6.92 Å². The topological polar surface area (TPSA) is 89.9 Å². The molecule has 1 aliphatic heterocycles. The van der Waals surface area contributed by atoms with Crippen LogP contribution in [0.3, 0.4) is 0 Å². The van der Waals surface area contributed by atoms with E-state index in [0.717, 1.165) is 11.5 Å². The number of aryl methyl sites for hydroxylation is 1. The minimum Gasteiger partial charge on any atom is -0.388 e. The van der Waals surface area contributed by atoms with E-state index in [1.807, 2.05) is 26.8 Å². The summed E-state index contributed by atoms with van der Waals surface area (Å²) in [4.78, 5) is 39.2. The van der Waals surface area contributed by atoms with Crippen molar-refractivity contribution in [1.82, 2.24) is 19.8 Å². The molecule has 8 nitrogen and oxygen atoms in total. The Bertz CT molecular complexity index is 707. The van der Waals surface area contributed by atoms with Gasteiger partial charge in [-0.05, 0) is 41.0 Å². The maximum Gasteiger partial charge on any atom is 0.245 e. The van der Waals surface area contributed by atoms with Crippen LogP contribution in [0.15, 0.2) is 6.07 Å². The Morgan fingerprint density at radius 2 is 1.96 bits per heavy atom. The molecule has 2 rings (SSSR count). The molecule has 1 atom stereocenters. The molecule has 2 amide bonds. The van der Waals surface area contributed by atoms with Crippen LogP contribution in [-0.4, -0.2) is 75.0 Å². The second-order valence-electron chi connectivity index (χ2n) is 7.94. The summed E-state index contributed by atoms with van der Waals surface area (Å²) in [6.45, 7) is 10.8. The number of carbonyl (C=O) groups is 2. The standard InChI is InChI=1S/C20H33N5O3/c1-13(2)24(18-11-15(5)21-17(12-26)22-18)10-9-23(6)20(28)16-7-8-19(27)25(16)14(3)4/h11,13-14,16,26H,7-10,12H2,1-6H3/t16-/m0/s1. The number of carbonyl (C=O) groups excluding carboxylic acids is 2. The monoisotopic (exact) mass is 391 g/mol. The zero-order valence-electron chi connectivity index (χ0n) is 17.8. The van der Waals surface area contributed by atoms with Crippen molar-refractivity contribution in [3.8, 4) is 0 Å². The minimum atomic E-state index is -0.368. The van der Waals surface area contributed by atoms with E-state index in [4.69, 9.17) is 0 Å². The fraction of sp³-hybridized carbons (Fsp3) is 0.700. The zero-order chi connectivity index (χ0) is 21.0. The highest BCUT2D eigenvalue weighted by Gasteiger charge is 2.38. The lowest BCUT2D eigenvalue weighted by Gasteiger charge is -2.33. The van der Waals surface area contributed by atoms with E-state index in [1.54, 1.807) is 16.8 Å². The number of aromatic nitrogens is 2. The van der Waals surface area contributed by atoms with E-state index in [9.17, 15) is 14.7 Å². The molecule has 2 heterocycles. The molecule has 0 aromatic carbocycles. The first-order valence-electron chi connectivity index (χ1n) is 9.93. The van der Waals surface area contributed by atoms with Gasteiger partial charge < -0.3 is 19.8 Å². The average molecular weight is 392 g/mol. The van der Waals surface area contributed by atoms with Crippen LogP contribution < -0.4 is 4.90 Å². The van der Waals surface area contributed by atoms with Crippen LogP contribution in [0.25, 0.3) is 0 Å². The van der Waals surface area contributed by atoms with Gasteiger partial charge in [0.1, 0.15) is 18.5 Å². The van der Waals surface area contributed by atoms with Gasteiger partial charge in [-0.25, -0.2) is 9.97 Å². The van der Waals surface area contributed by atoms with E-state index >= 15 is 0 Å². The molecule has 0 saturated carbocycles. The van der Waals surface area contributed by atoms with Gasteiger partial charge >= 0.3 is 0 Å². The molecular formula is C20H33N5O3. The number of likely N-dealkylation sites (tertiary alicyclic amines) is 1. The number of aliphatic hydroxyl groups excluding tert-OH is 1. The number of anilines is 1. The van der Waals surface area contributed by atoms with E-state index in [2.05, 4.69) is 28.7 Å². The third-order valence-corrected chi connectivity index (χ3v) is 5.10. The van der Waals surface area contributed by atoms with E-state index in [1.165, 1.54) is 0 Å². The molecule has 0 unspecified atom stereocenters. The van der Waals surface area contributed by atoms with Crippen molar-refractivity contribution in [2.75, 3.05) is 25.0 Å². The second kappa shape index (κ2) is 9.32. The van der Waals surface area contributed by atoms with Gasteiger partial charge in [0.2, 0.25) is 11.8 Å². The highest BCUT2D eigenvalue weighted by molar-refractivity contribution is 5.91. The van der Waals surface area contributed by atoms with Crippen molar-refractivity contribution >= 4 is 17.6 Å². The summed E-state index contributed by atoms with van der Waals surface area (Å²) in [5, 5.41) is 9.38. The largest absolute Gasteiger partial charge is 0.388 e. The van der Waals surface area contributed by atoms with E-state index in [0.29, 0.717) is 31.8 Å². The maximum atomic E-state index is 12.9. The molecule has 0 radical (unpaired) electrons. The first kappa shape index (κ1) is 22.1. The molecule has 1 N–H and O–H groups in total. The number of hydrogen-bond acceptors (Lipinski definition) is 6. The van der Waals surface area contributed by atoms with Crippen molar-refractivity contribution in [1.29, 1.82) is 0 Å². The third-order valence-electron chi connectivity index (χ3n) is 5.10. The molecule has 1 aromatic heterocycles. The lowest BCUT2D eigenvalue weighted by atomic mass is 10.1. The molecule has 1 aliphatic rings. The van der Waals surface area contributed by atoms with Crippen LogP contribution >= 0.6 is 0 Å². The SMILES string of the molecule is Cc1cc(N(CCN(C)C(=O)[C@@H]2CCC(=O)N2C(C)C)C(C)C)nc(CO)n1. The molecule has 0 bridgehead atoms. The lowest BCUT2D eigenvalue weighted by Crippen LogP contribution is -2.50. The summed E-state index contributed by atoms with van der Waals surface area (Å²) in [6.07, 6.45) is 1.02. The summed E-state index contributed by atoms with van der Waals surface area (Å²) in [6, 6.07) is 1.71. The molecule has 28 heavy (non-hydrogen) atoms. The van der Waals surface area contributed by atoms with Crippen molar-refractivity contribution in [3.05, 3.63) is 17.6 Å². The van der Waals surface area contributed by atoms with Gasteiger partial charge in [0.15, 0.2) is 5.82 Å². The summed E-state index contributed by atoms with van der Waals surface area (Å²) in [7, 11) is 1.78. The molecule has 0 aliphatic carbocycles. The van der Waals surface area contributed by atoms with E-state index in [-0.39, 0.29) is 36.5 Å². The Labute approximate surface area is 167 Å². The molecule has 8 heteroatoms. The lowest BCUT2D eigenvalue weighted by molar-refractivity contribution is -0.141. The summed E-state index contributed by atoms with van der Waals surface area (Å²) in [5.74, 6) is 1.17. The molecular weight excluding hydrogens is 358 g/mol. The number of hydrogen-bond donors (Lipinski definition) is 1. The predicted molar refractivity (Wildman–Crippen MR) is 108 cm³/mol. The van der Waals surface area contributed by atoms with Gasteiger partial charge in [-0.15, -0.1) is 0 Å². The van der Waals surface area contributed by atoms with Crippen LogP contribution in [0.1, 0.15) is 52.1 Å². The predicted octanol–water partition coefficient (Wildman–Crippen LogP) is 1.35. The van der Waals surface area contributed by atoms with Gasteiger partial charge in [0, 0.05) is 50.4 Å². The van der Waals surface area contributed by atoms with Crippen LogP contribution in [0.4, 0.5) is 5.82 Å². The van der Waals surface area contributed by atoms with Crippen LogP contribution in [0.2, 0.25) is 0 Å².